The molecule has 2 rings (SSSR count). The highest BCUT2D eigenvalue weighted by Gasteiger charge is 2.41. The molecule has 0 saturated carbocycles. The lowest BCUT2D eigenvalue weighted by Crippen LogP contribution is -2.26. The van der Waals surface area contributed by atoms with Gasteiger partial charge in [0.05, 0.1) is 18.9 Å². The number of hydrogen-bond acceptors (Lipinski definition) is 3. The molecule has 0 radical (unpaired) electrons. The summed E-state index contributed by atoms with van der Waals surface area (Å²) in [5, 5.41) is 0. The van der Waals surface area contributed by atoms with Crippen molar-refractivity contribution < 1.29 is 14.3 Å². The maximum absolute atomic E-state index is 12.2. The van der Waals surface area contributed by atoms with Gasteiger partial charge in [0.1, 0.15) is 0 Å². The number of hydrogen-bond donors (Lipinski definition) is 0. The normalized spacial score (nSPS) is 21.2. The predicted molar refractivity (Wildman–Crippen MR) is 68.2 cm³/mol. The van der Waals surface area contributed by atoms with Gasteiger partial charge < -0.3 is 4.74 Å². The molecule has 94 valence electrons. The fourth-order valence-corrected chi connectivity index (χ4v) is 2.56. The Morgan fingerprint density at radius 2 is 2.00 bits per heavy atom. The van der Waals surface area contributed by atoms with Crippen LogP contribution in [0, 0.1) is 5.92 Å². The number of fused-ring (bicyclic) bond motifs is 1. The summed E-state index contributed by atoms with van der Waals surface area (Å²) in [7, 11) is 1.35. The molecule has 18 heavy (non-hydrogen) atoms. The molecule has 1 aromatic carbocycles. The van der Waals surface area contributed by atoms with Gasteiger partial charge in [-0.05, 0) is 30.0 Å². The molecule has 0 unspecified atom stereocenters. The Morgan fingerprint density at radius 1 is 1.33 bits per heavy atom. The van der Waals surface area contributed by atoms with E-state index in [-0.39, 0.29) is 11.8 Å². The van der Waals surface area contributed by atoms with Crippen molar-refractivity contribution in [3.8, 4) is 0 Å². The van der Waals surface area contributed by atoms with Gasteiger partial charge in [-0.2, -0.15) is 0 Å². The quantitative estimate of drug-likeness (QED) is 0.605. The van der Waals surface area contributed by atoms with Crippen molar-refractivity contribution in [1.29, 1.82) is 0 Å². The molecule has 0 N–H and O–H groups in total. The van der Waals surface area contributed by atoms with E-state index in [0.29, 0.717) is 12.0 Å². The van der Waals surface area contributed by atoms with E-state index in [2.05, 4.69) is 6.58 Å². The molecule has 1 aromatic rings. The third-order valence-electron chi connectivity index (χ3n) is 3.44. The Hall–Kier alpha value is -1.90. The zero-order valence-electron chi connectivity index (χ0n) is 10.6. The van der Waals surface area contributed by atoms with Gasteiger partial charge in [0.25, 0.3) is 0 Å². The van der Waals surface area contributed by atoms with Gasteiger partial charge >= 0.3 is 5.97 Å². The number of carbonyl (C=O) groups excluding carboxylic acids is 2. The van der Waals surface area contributed by atoms with Gasteiger partial charge in [-0.15, -0.1) is 0 Å². The molecule has 1 aliphatic rings. The Balaban J connectivity index is 2.45. The molecule has 0 saturated heterocycles. The van der Waals surface area contributed by atoms with Crippen molar-refractivity contribution in [2.24, 2.45) is 5.92 Å². The lowest BCUT2D eigenvalue weighted by molar-refractivity contribution is -0.147. The number of ether oxygens (including phenoxy) is 1. The van der Waals surface area contributed by atoms with Crippen LogP contribution in [-0.4, -0.2) is 18.9 Å². The number of esters is 1. The molecule has 0 fully saturated rings. The smallest absolute Gasteiger partial charge is 0.310 e. The lowest BCUT2D eigenvalue weighted by atomic mass is 9.86. The molecule has 2 atom stereocenters. The fraction of sp³-hybridized carbons (Fsp3) is 0.333. The summed E-state index contributed by atoms with van der Waals surface area (Å²) in [4.78, 5) is 24.0. The molecule has 0 heterocycles. The molecule has 0 bridgehead atoms. The van der Waals surface area contributed by atoms with Gasteiger partial charge in [0.2, 0.25) is 0 Å². The predicted octanol–water partition coefficient (Wildman–Crippen LogP) is 2.26. The first-order valence-electron chi connectivity index (χ1n) is 5.91. The Kier molecular flexibility index (Phi) is 3.32. The van der Waals surface area contributed by atoms with E-state index in [1.807, 2.05) is 24.3 Å². The van der Waals surface area contributed by atoms with Crippen molar-refractivity contribution >= 4 is 11.8 Å². The number of Topliss-reactive ketones (excluding diaryl/α,β-unsaturated/α-hetero) is 1. The van der Waals surface area contributed by atoms with Crippen LogP contribution in [0.1, 0.15) is 24.0 Å². The highest BCUT2D eigenvalue weighted by Crippen LogP contribution is 2.40. The number of ketones is 1. The van der Waals surface area contributed by atoms with Gasteiger partial charge in [-0.3, -0.25) is 9.59 Å². The maximum atomic E-state index is 12.2. The van der Waals surface area contributed by atoms with Crippen LogP contribution < -0.4 is 0 Å². The summed E-state index contributed by atoms with van der Waals surface area (Å²) in [5.74, 6) is -1.26. The standard InChI is InChI=1S/C15H16O3/c1-9(2)14(16)13-11-7-5-4-6-10(11)8-12(13)15(17)18-3/h4-7,12-13H,1,8H2,2-3H3/t12-,13-/m0/s1. The number of benzene rings is 1. The van der Waals surface area contributed by atoms with Crippen LogP contribution in [-0.2, 0) is 20.7 Å². The molecule has 0 aliphatic heterocycles. The van der Waals surface area contributed by atoms with E-state index in [1.165, 1.54) is 7.11 Å². The first kappa shape index (κ1) is 12.6. The summed E-state index contributed by atoms with van der Waals surface area (Å²) < 4.78 is 4.80. The minimum atomic E-state index is -0.439. The monoisotopic (exact) mass is 244 g/mol. The van der Waals surface area contributed by atoms with E-state index < -0.39 is 11.8 Å². The Labute approximate surface area is 106 Å². The third-order valence-corrected chi connectivity index (χ3v) is 3.44. The Bertz CT molecular complexity index is 516. The van der Waals surface area contributed by atoms with Crippen molar-refractivity contribution in [2.75, 3.05) is 7.11 Å². The number of methoxy groups -OCH3 is 1. The zero-order chi connectivity index (χ0) is 13.3. The van der Waals surface area contributed by atoms with E-state index in [1.54, 1.807) is 6.92 Å². The van der Waals surface area contributed by atoms with E-state index in [4.69, 9.17) is 4.74 Å². The van der Waals surface area contributed by atoms with Crippen LogP contribution in [0.15, 0.2) is 36.4 Å². The lowest BCUT2D eigenvalue weighted by Gasteiger charge is -2.17. The molecule has 0 spiro atoms. The van der Waals surface area contributed by atoms with Crippen LogP contribution in [0.3, 0.4) is 0 Å². The third kappa shape index (κ3) is 1.96. The fourth-order valence-electron chi connectivity index (χ4n) is 2.56. The summed E-state index contributed by atoms with van der Waals surface area (Å²) in [6.45, 7) is 5.37. The van der Waals surface area contributed by atoms with Crippen molar-refractivity contribution in [3.63, 3.8) is 0 Å². The highest BCUT2D eigenvalue weighted by molar-refractivity contribution is 6.03. The summed E-state index contributed by atoms with van der Waals surface area (Å²) >= 11 is 0. The van der Waals surface area contributed by atoms with Crippen LogP contribution in [0.25, 0.3) is 0 Å². The van der Waals surface area contributed by atoms with Gasteiger partial charge in [-0.25, -0.2) is 0 Å². The van der Waals surface area contributed by atoms with Gasteiger partial charge in [-0.1, -0.05) is 30.8 Å². The van der Waals surface area contributed by atoms with Crippen LogP contribution in [0.4, 0.5) is 0 Å². The molecular formula is C15H16O3. The van der Waals surface area contributed by atoms with E-state index >= 15 is 0 Å². The highest BCUT2D eigenvalue weighted by atomic mass is 16.5. The SMILES string of the molecule is C=C(C)C(=O)[C@H]1c2ccccc2C[C@@H]1C(=O)OC. The molecule has 0 aromatic heterocycles. The summed E-state index contributed by atoms with van der Waals surface area (Å²) in [6, 6.07) is 7.67. The van der Waals surface area contributed by atoms with Crippen molar-refractivity contribution in [2.45, 2.75) is 19.3 Å². The van der Waals surface area contributed by atoms with Crippen molar-refractivity contribution in [1.82, 2.24) is 0 Å². The topological polar surface area (TPSA) is 43.4 Å². The number of carbonyl (C=O) groups is 2. The van der Waals surface area contributed by atoms with E-state index in [9.17, 15) is 9.59 Å². The second-order valence-corrected chi connectivity index (χ2v) is 4.65. The second kappa shape index (κ2) is 4.77. The minimum Gasteiger partial charge on any atom is -0.469 e. The number of allylic oxidation sites excluding steroid dienone is 1. The summed E-state index contributed by atoms with van der Waals surface area (Å²) in [5.41, 5.74) is 2.46. The van der Waals surface area contributed by atoms with Crippen molar-refractivity contribution in [3.05, 3.63) is 47.5 Å². The average Bonchev–Trinajstić information content (AvgIpc) is 2.75. The largest absolute Gasteiger partial charge is 0.469 e. The number of rotatable bonds is 3. The second-order valence-electron chi connectivity index (χ2n) is 4.65. The maximum Gasteiger partial charge on any atom is 0.310 e. The van der Waals surface area contributed by atoms with E-state index in [0.717, 1.165) is 11.1 Å². The van der Waals surface area contributed by atoms with Gasteiger partial charge in [0.15, 0.2) is 5.78 Å². The molecule has 1 aliphatic carbocycles. The summed E-state index contributed by atoms with van der Waals surface area (Å²) in [6.07, 6.45) is 0.562. The van der Waals surface area contributed by atoms with Crippen LogP contribution in [0.2, 0.25) is 0 Å². The molecule has 3 heteroatoms. The first-order chi connectivity index (χ1) is 8.56. The minimum absolute atomic E-state index is 0.0737. The molecule has 0 amide bonds. The van der Waals surface area contributed by atoms with Crippen LogP contribution >= 0.6 is 0 Å². The zero-order valence-corrected chi connectivity index (χ0v) is 10.6. The molecular weight excluding hydrogens is 228 g/mol. The first-order valence-corrected chi connectivity index (χ1v) is 5.91. The average molecular weight is 244 g/mol. The Morgan fingerprint density at radius 3 is 2.61 bits per heavy atom. The van der Waals surface area contributed by atoms with Crippen LogP contribution in [0.5, 0.6) is 0 Å². The molecule has 3 nitrogen and oxygen atoms in total. The van der Waals surface area contributed by atoms with Gasteiger partial charge in [0, 0.05) is 0 Å².